The maximum Gasteiger partial charge on any atom is 0.321 e. The fourth-order valence-electron chi connectivity index (χ4n) is 1.39. The van der Waals surface area contributed by atoms with Crippen molar-refractivity contribution in [2.24, 2.45) is 0 Å². The monoisotopic (exact) mass is 211 g/mol. The van der Waals surface area contributed by atoms with Crippen molar-refractivity contribution in [3.05, 3.63) is 17.7 Å². The zero-order valence-electron chi connectivity index (χ0n) is 9.32. The summed E-state index contributed by atoms with van der Waals surface area (Å²) in [7, 11) is 3.52. The number of aliphatic carboxylic acids is 1. The molecule has 1 rings (SSSR count). The van der Waals surface area contributed by atoms with Gasteiger partial charge in [-0.2, -0.15) is 0 Å². The third-order valence-corrected chi connectivity index (χ3v) is 2.34. The zero-order valence-corrected chi connectivity index (χ0v) is 9.32. The molecular weight excluding hydrogens is 194 g/mol. The van der Waals surface area contributed by atoms with Gasteiger partial charge in [0.15, 0.2) is 0 Å². The van der Waals surface area contributed by atoms with E-state index in [1.54, 1.807) is 25.2 Å². The topological polar surface area (TPSA) is 69.2 Å². The van der Waals surface area contributed by atoms with E-state index in [1.165, 1.54) is 0 Å². The highest BCUT2D eigenvalue weighted by atomic mass is 16.4. The molecule has 0 aliphatic heterocycles. The number of imidazole rings is 1. The Labute approximate surface area is 89.1 Å². The molecule has 5 heteroatoms. The number of carboxylic acids is 1. The van der Waals surface area contributed by atoms with Gasteiger partial charge >= 0.3 is 5.97 Å². The summed E-state index contributed by atoms with van der Waals surface area (Å²) < 4.78 is 0. The van der Waals surface area contributed by atoms with Crippen molar-refractivity contribution < 1.29 is 9.90 Å². The summed E-state index contributed by atoms with van der Waals surface area (Å²) in [5, 5.41) is 8.99. The van der Waals surface area contributed by atoms with E-state index < -0.39 is 12.0 Å². The number of aromatic nitrogens is 2. The highest BCUT2D eigenvalue weighted by Crippen LogP contribution is 2.05. The molecule has 0 aliphatic carbocycles. The number of carboxylic acid groups (broad SMARTS) is 1. The fourth-order valence-corrected chi connectivity index (χ4v) is 1.39. The summed E-state index contributed by atoms with van der Waals surface area (Å²) in [6.45, 7) is 2.00. The van der Waals surface area contributed by atoms with E-state index in [4.69, 9.17) is 5.11 Å². The van der Waals surface area contributed by atoms with Crippen LogP contribution in [0, 0.1) is 0 Å². The molecule has 1 heterocycles. The second-order valence-electron chi connectivity index (χ2n) is 3.73. The van der Waals surface area contributed by atoms with Gasteiger partial charge in [0.05, 0.1) is 0 Å². The first-order valence-electron chi connectivity index (χ1n) is 4.96. The number of nitrogens with one attached hydrogen (secondary N) is 1. The van der Waals surface area contributed by atoms with Gasteiger partial charge in [-0.25, -0.2) is 4.98 Å². The number of rotatable bonds is 5. The van der Waals surface area contributed by atoms with Crippen LogP contribution in [-0.2, 0) is 17.6 Å². The Morgan fingerprint density at radius 1 is 1.67 bits per heavy atom. The van der Waals surface area contributed by atoms with Crippen LogP contribution in [0.1, 0.15) is 18.4 Å². The molecule has 0 spiro atoms. The van der Waals surface area contributed by atoms with Crippen LogP contribution in [-0.4, -0.2) is 46.1 Å². The SMILES string of the molecule is CCc1ncc(C[C@@H](C(=O)O)N(C)C)[nH]1. The van der Waals surface area contributed by atoms with Gasteiger partial charge in [0.25, 0.3) is 0 Å². The Morgan fingerprint density at radius 2 is 2.33 bits per heavy atom. The third kappa shape index (κ3) is 3.06. The molecule has 0 saturated carbocycles. The van der Waals surface area contributed by atoms with Gasteiger partial charge in [-0.1, -0.05) is 6.92 Å². The molecule has 0 fully saturated rings. The van der Waals surface area contributed by atoms with Gasteiger partial charge in [0.1, 0.15) is 11.9 Å². The van der Waals surface area contributed by atoms with Gasteiger partial charge < -0.3 is 10.1 Å². The van der Waals surface area contributed by atoms with E-state index in [1.807, 2.05) is 6.92 Å². The van der Waals surface area contributed by atoms with Crippen molar-refractivity contribution in [2.75, 3.05) is 14.1 Å². The largest absolute Gasteiger partial charge is 0.480 e. The Hall–Kier alpha value is -1.36. The predicted molar refractivity (Wildman–Crippen MR) is 56.8 cm³/mol. The zero-order chi connectivity index (χ0) is 11.4. The molecular formula is C10H17N3O2. The number of aromatic amines is 1. The van der Waals surface area contributed by atoms with E-state index >= 15 is 0 Å². The van der Waals surface area contributed by atoms with Crippen LogP contribution in [0.4, 0.5) is 0 Å². The van der Waals surface area contributed by atoms with Crippen LogP contribution in [0.2, 0.25) is 0 Å². The molecule has 0 aromatic carbocycles. The van der Waals surface area contributed by atoms with E-state index in [0.29, 0.717) is 6.42 Å². The number of hydrogen-bond acceptors (Lipinski definition) is 3. The molecule has 0 bridgehead atoms. The van der Waals surface area contributed by atoms with Crippen molar-refractivity contribution in [3.63, 3.8) is 0 Å². The number of H-pyrrole nitrogens is 1. The van der Waals surface area contributed by atoms with Crippen LogP contribution in [0.3, 0.4) is 0 Å². The smallest absolute Gasteiger partial charge is 0.321 e. The summed E-state index contributed by atoms with van der Waals surface area (Å²) in [6.07, 6.45) is 2.99. The van der Waals surface area contributed by atoms with Crippen molar-refractivity contribution in [1.82, 2.24) is 14.9 Å². The predicted octanol–water partition coefficient (Wildman–Crippen LogP) is 0.529. The number of likely N-dealkylation sites (N-methyl/N-ethyl adjacent to an activating group) is 1. The molecule has 0 aliphatic rings. The molecule has 15 heavy (non-hydrogen) atoms. The second kappa shape index (κ2) is 4.93. The van der Waals surface area contributed by atoms with Crippen molar-refractivity contribution in [3.8, 4) is 0 Å². The molecule has 0 unspecified atom stereocenters. The molecule has 0 radical (unpaired) electrons. The molecule has 1 atom stereocenters. The number of nitrogens with zero attached hydrogens (tertiary/aromatic N) is 2. The van der Waals surface area contributed by atoms with Crippen molar-refractivity contribution in [2.45, 2.75) is 25.8 Å². The normalized spacial score (nSPS) is 13.1. The van der Waals surface area contributed by atoms with Gasteiger partial charge in [-0.15, -0.1) is 0 Å². The lowest BCUT2D eigenvalue weighted by atomic mass is 10.1. The minimum absolute atomic E-state index is 0.454. The first-order valence-corrected chi connectivity index (χ1v) is 4.96. The van der Waals surface area contributed by atoms with Gasteiger partial charge in [0, 0.05) is 24.7 Å². The summed E-state index contributed by atoms with van der Waals surface area (Å²) in [4.78, 5) is 19.9. The second-order valence-corrected chi connectivity index (χ2v) is 3.73. The lowest BCUT2D eigenvalue weighted by molar-refractivity contribution is -0.142. The first kappa shape index (κ1) is 11.7. The summed E-state index contributed by atoms with van der Waals surface area (Å²) in [5.74, 6) is 0.0838. The Kier molecular flexibility index (Phi) is 3.85. The van der Waals surface area contributed by atoms with Crippen LogP contribution in [0.15, 0.2) is 6.20 Å². The van der Waals surface area contributed by atoms with E-state index in [2.05, 4.69) is 9.97 Å². The fraction of sp³-hybridized carbons (Fsp3) is 0.600. The molecule has 0 saturated heterocycles. The van der Waals surface area contributed by atoms with Gasteiger partial charge in [0.2, 0.25) is 0 Å². The van der Waals surface area contributed by atoms with E-state index in [-0.39, 0.29) is 0 Å². The number of hydrogen-bond donors (Lipinski definition) is 2. The summed E-state index contributed by atoms with van der Waals surface area (Å²) >= 11 is 0. The third-order valence-electron chi connectivity index (χ3n) is 2.34. The number of aryl methyl sites for hydroxylation is 1. The molecule has 1 aromatic heterocycles. The average molecular weight is 211 g/mol. The highest BCUT2D eigenvalue weighted by molar-refractivity contribution is 5.73. The average Bonchev–Trinajstić information content (AvgIpc) is 2.60. The van der Waals surface area contributed by atoms with Crippen molar-refractivity contribution in [1.29, 1.82) is 0 Å². The van der Waals surface area contributed by atoms with Gasteiger partial charge in [-0.05, 0) is 14.1 Å². The standard InChI is InChI=1S/C10H17N3O2/c1-4-9-11-6-7(12-9)5-8(10(14)15)13(2)3/h6,8H,4-5H2,1-3H3,(H,11,12)(H,14,15)/t8-/m0/s1. The summed E-state index contributed by atoms with van der Waals surface area (Å²) in [5.41, 5.74) is 0.868. The Morgan fingerprint density at radius 3 is 2.73 bits per heavy atom. The Balaban J connectivity index is 2.69. The minimum Gasteiger partial charge on any atom is -0.480 e. The van der Waals surface area contributed by atoms with Crippen LogP contribution >= 0.6 is 0 Å². The quantitative estimate of drug-likeness (QED) is 0.745. The van der Waals surface area contributed by atoms with Crippen molar-refractivity contribution >= 4 is 5.97 Å². The minimum atomic E-state index is -0.812. The summed E-state index contributed by atoms with van der Waals surface area (Å²) in [6, 6.07) is -0.504. The molecule has 84 valence electrons. The van der Waals surface area contributed by atoms with Crippen LogP contribution in [0.25, 0.3) is 0 Å². The number of carbonyl (C=O) groups is 1. The lowest BCUT2D eigenvalue weighted by Crippen LogP contribution is -2.37. The first-order chi connectivity index (χ1) is 7.04. The maximum atomic E-state index is 10.9. The molecule has 2 N–H and O–H groups in total. The molecule has 1 aromatic rings. The highest BCUT2D eigenvalue weighted by Gasteiger charge is 2.20. The van der Waals surface area contributed by atoms with E-state index in [0.717, 1.165) is 17.9 Å². The van der Waals surface area contributed by atoms with Crippen LogP contribution in [0.5, 0.6) is 0 Å². The van der Waals surface area contributed by atoms with E-state index in [9.17, 15) is 4.79 Å². The lowest BCUT2D eigenvalue weighted by Gasteiger charge is -2.18. The Bertz CT molecular complexity index is 333. The van der Waals surface area contributed by atoms with Gasteiger partial charge in [-0.3, -0.25) is 9.69 Å². The van der Waals surface area contributed by atoms with Crippen LogP contribution < -0.4 is 0 Å². The maximum absolute atomic E-state index is 10.9. The molecule has 0 amide bonds. The molecule has 5 nitrogen and oxygen atoms in total.